The zero-order chi connectivity index (χ0) is 20.5. The first-order chi connectivity index (χ1) is 14.0. The van der Waals surface area contributed by atoms with Crippen LogP contribution in [0, 0.1) is 0 Å². The molecule has 0 aliphatic carbocycles. The van der Waals surface area contributed by atoms with Gasteiger partial charge in [0.05, 0.1) is 20.3 Å². The first kappa shape index (κ1) is 19.1. The number of amides is 3. The van der Waals surface area contributed by atoms with Gasteiger partial charge in [0.25, 0.3) is 0 Å². The van der Waals surface area contributed by atoms with Gasteiger partial charge in [-0.3, -0.25) is 9.69 Å². The van der Waals surface area contributed by atoms with Gasteiger partial charge in [0.15, 0.2) is 11.5 Å². The minimum absolute atomic E-state index is 0.0302. The van der Waals surface area contributed by atoms with Crippen molar-refractivity contribution in [2.24, 2.45) is 0 Å². The minimum atomic E-state index is -0.247. The van der Waals surface area contributed by atoms with Gasteiger partial charge in [0, 0.05) is 36.4 Å². The van der Waals surface area contributed by atoms with Crippen LogP contribution in [0.1, 0.15) is 18.9 Å². The fraction of sp³-hybridized carbons (Fsp3) is 0.364. The van der Waals surface area contributed by atoms with E-state index in [0.29, 0.717) is 18.0 Å². The molecule has 1 fully saturated rings. The minimum Gasteiger partial charge on any atom is -0.493 e. The second kappa shape index (κ2) is 7.66. The largest absolute Gasteiger partial charge is 0.493 e. The van der Waals surface area contributed by atoms with E-state index in [1.807, 2.05) is 31.2 Å². The first-order valence-electron chi connectivity index (χ1n) is 9.72. The van der Waals surface area contributed by atoms with Crippen molar-refractivity contribution < 1.29 is 19.1 Å². The molecule has 2 aliphatic heterocycles. The molecule has 4 rings (SSSR count). The molecule has 7 heteroatoms. The van der Waals surface area contributed by atoms with Crippen LogP contribution in [0.2, 0.25) is 0 Å². The molecular weight excluding hydrogens is 370 g/mol. The van der Waals surface area contributed by atoms with E-state index in [1.165, 1.54) is 5.56 Å². The molecule has 0 aromatic heterocycles. The number of carbonyl (C=O) groups excluding carboxylic acids is 2. The topological polar surface area (TPSA) is 71.1 Å². The molecule has 0 bridgehead atoms. The summed E-state index contributed by atoms with van der Waals surface area (Å²) in [7, 11) is 3.13. The molecule has 2 atom stereocenters. The number of anilines is 2. The van der Waals surface area contributed by atoms with Crippen LogP contribution in [0.5, 0.6) is 11.5 Å². The lowest BCUT2D eigenvalue weighted by Crippen LogP contribution is -2.48. The highest BCUT2D eigenvalue weighted by molar-refractivity contribution is 5.99. The highest BCUT2D eigenvalue weighted by atomic mass is 16.5. The van der Waals surface area contributed by atoms with Crippen molar-refractivity contribution in [2.45, 2.75) is 31.8 Å². The van der Waals surface area contributed by atoms with Crippen LogP contribution >= 0.6 is 0 Å². The third-order valence-electron chi connectivity index (χ3n) is 5.56. The standard InChI is InChI=1S/C22H25N3O4/c1-14-10-15-6-4-5-7-18(15)25(14)22(27)23-16-11-21(26)24(13-16)17-8-9-19(28-2)20(12-17)29-3/h4-9,12,14,16H,10-11,13H2,1-3H3,(H,23,27)/t14-,16+/m1/s1. The molecule has 0 saturated carbocycles. The van der Waals surface area contributed by atoms with Gasteiger partial charge < -0.3 is 19.7 Å². The number of fused-ring (bicyclic) bond motifs is 1. The number of urea groups is 1. The van der Waals surface area contributed by atoms with E-state index in [-0.39, 0.29) is 30.4 Å². The molecule has 0 unspecified atom stereocenters. The molecule has 29 heavy (non-hydrogen) atoms. The Kier molecular flexibility index (Phi) is 5.05. The maximum absolute atomic E-state index is 13.0. The van der Waals surface area contributed by atoms with Crippen molar-refractivity contribution in [3.05, 3.63) is 48.0 Å². The highest BCUT2D eigenvalue weighted by Crippen LogP contribution is 2.34. The van der Waals surface area contributed by atoms with Crippen molar-refractivity contribution in [1.82, 2.24) is 5.32 Å². The highest BCUT2D eigenvalue weighted by Gasteiger charge is 2.36. The van der Waals surface area contributed by atoms with Crippen molar-refractivity contribution in [1.29, 1.82) is 0 Å². The number of methoxy groups -OCH3 is 2. The Balaban J connectivity index is 1.47. The van der Waals surface area contributed by atoms with Gasteiger partial charge in [0.2, 0.25) is 5.91 Å². The molecule has 1 saturated heterocycles. The van der Waals surface area contributed by atoms with E-state index in [1.54, 1.807) is 36.2 Å². The van der Waals surface area contributed by atoms with Crippen molar-refractivity contribution >= 4 is 23.3 Å². The maximum Gasteiger partial charge on any atom is 0.322 e. The average Bonchev–Trinajstić information content (AvgIpc) is 3.25. The summed E-state index contributed by atoms with van der Waals surface area (Å²) in [6.45, 7) is 2.46. The maximum atomic E-state index is 13.0. The molecule has 0 radical (unpaired) electrons. The lowest BCUT2D eigenvalue weighted by atomic mass is 10.1. The zero-order valence-electron chi connectivity index (χ0n) is 16.8. The van der Waals surface area contributed by atoms with E-state index in [4.69, 9.17) is 9.47 Å². The van der Waals surface area contributed by atoms with Crippen molar-refractivity contribution in [3.63, 3.8) is 0 Å². The number of ether oxygens (including phenoxy) is 2. The number of rotatable bonds is 4. The van der Waals surface area contributed by atoms with Crippen LogP contribution in [0.3, 0.4) is 0 Å². The summed E-state index contributed by atoms with van der Waals surface area (Å²) in [5, 5.41) is 3.04. The second-order valence-electron chi connectivity index (χ2n) is 7.45. The van der Waals surface area contributed by atoms with Crippen molar-refractivity contribution in [2.75, 3.05) is 30.6 Å². The van der Waals surface area contributed by atoms with Crippen molar-refractivity contribution in [3.8, 4) is 11.5 Å². The summed E-state index contributed by atoms with van der Waals surface area (Å²) in [5.41, 5.74) is 2.84. The molecular formula is C22H25N3O4. The Hall–Kier alpha value is -3.22. The average molecular weight is 395 g/mol. The number of benzene rings is 2. The third kappa shape index (κ3) is 3.48. The monoisotopic (exact) mass is 395 g/mol. The molecule has 2 aliphatic rings. The van der Waals surface area contributed by atoms with E-state index >= 15 is 0 Å². The smallest absolute Gasteiger partial charge is 0.322 e. The van der Waals surface area contributed by atoms with E-state index in [0.717, 1.165) is 17.8 Å². The van der Waals surface area contributed by atoms with Crippen LogP contribution in [0.25, 0.3) is 0 Å². The summed E-state index contributed by atoms with van der Waals surface area (Å²) >= 11 is 0. The quantitative estimate of drug-likeness (QED) is 0.864. The van der Waals surface area contributed by atoms with Gasteiger partial charge in [-0.05, 0) is 37.1 Å². The molecule has 7 nitrogen and oxygen atoms in total. The Bertz CT molecular complexity index is 945. The van der Waals surface area contributed by atoms with Crippen LogP contribution in [0.4, 0.5) is 16.2 Å². The molecule has 2 heterocycles. The predicted molar refractivity (Wildman–Crippen MR) is 111 cm³/mol. The summed E-state index contributed by atoms with van der Waals surface area (Å²) in [6, 6.07) is 13.0. The number of hydrogen-bond acceptors (Lipinski definition) is 4. The molecule has 2 aromatic rings. The van der Waals surface area contributed by atoms with Gasteiger partial charge in [-0.15, -0.1) is 0 Å². The Labute approximate surface area is 170 Å². The predicted octanol–water partition coefficient (Wildman–Crippen LogP) is 2.97. The van der Waals surface area contributed by atoms with E-state index in [2.05, 4.69) is 11.4 Å². The summed E-state index contributed by atoms with van der Waals surface area (Å²) < 4.78 is 10.6. The molecule has 2 aromatic carbocycles. The van der Waals surface area contributed by atoms with Gasteiger partial charge in [-0.1, -0.05) is 18.2 Å². The van der Waals surface area contributed by atoms with Crippen LogP contribution < -0.4 is 24.6 Å². The molecule has 152 valence electrons. The van der Waals surface area contributed by atoms with Gasteiger partial charge in [0.1, 0.15) is 0 Å². The Morgan fingerprint density at radius 1 is 1.07 bits per heavy atom. The Morgan fingerprint density at radius 3 is 2.59 bits per heavy atom. The fourth-order valence-electron chi connectivity index (χ4n) is 4.17. The number of hydrogen-bond donors (Lipinski definition) is 1. The van der Waals surface area contributed by atoms with E-state index in [9.17, 15) is 9.59 Å². The van der Waals surface area contributed by atoms with Gasteiger partial charge >= 0.3 is 6.03 Å². The number of carbonyl (C=O) groups is 2. The van der Waals surface area contributed by atoms with Gasteiger partial charge in [-0.2, -0.15) is 0 Å². The lowest BCUT2D eigenvalue weighted by Gasteiger charge is -2.25. The number of nitrogens with zero attached hydrogens (tertiary/aromatic N) is 2. The van der Waals surface area contributed by atoms with Crippen LogP contribution in [0.15, 0.2) is 42.5 Å². The number of nitrogens with one attached hydrogen (secondary N) is 1. The SMILES string of the molecule is COc1ccc(N2C[C@@H](NC(=O)N3c4ccccc4C[C@H]3C)CC2=O)cc1OC. The second-order valence-corrected chi connectivity index (χ2v) is 7.45. The summed E-state index contributed by atoms with van der Waals surface area (Å²) in [5.74, 6) is 1.14. The Morgan fingerprint density at radius 2 is 1.83 bits per heavy atom. The molecule has 3 amide bonds. The third-order valence-corrected chi connectivity index (χ3v) is 5.56. The summed E-state index contributed by atoms with van der Waals surface area (Å²) in [6.07, 6.45) is 1.11. The molecule has 0 spiro atoms. The fourth-order valence-corrected chi connectivity index (χ4v) is 4.17. The molecule has 1 N–H and O–H groups in total. The summed E-state index contributed by atoms with van der Waals surface area (Å²) in [4.78, 5) is 29.0. The zero-order valence-corrected chi connectivity index (χ0v) is 16.8. The van der Waals surface area contributed by atoms with Gasteiger partial charge in [-0.25, -0.2) is 4.79 Å². The first-order valence-corrected chi connectivity index (χ1v) is 9.72. The lowest BCUT2D eigenvalue weighted by molar-refractivity contribution is -0.117. The van der Waals surface area contributed by atoms with E-state index < -0.39 is 0 Å². The van der Waals surface area contributed by atoms with Crippen LogP contribution in [-0.4, -0.2) is 44.8 Å². The number of para-hydroxylation sites is 1. The van der Waals surface area contributed by atoms with Crippen LogP contribution in [-0.2, 0) is 11.2 Å². The normalized spacial score (nSPS) is 20.6.